The number of carboxylic acid groups (broad SMARTS) is 2. The van der Waals surface area contributed by atoms with Gasteiger partial charge < -0.3 is 10.2 Å². The molecule has 0 radical (unpaired) electrons. The quantitative estimate of drug-likeness (QED) is 0.798. The van der Waals surface area contributed by atoms with Crippen molar-refractivity contribution >= 4 is 11.9 Å². The van der Waals surface area contributed by atoms with Crippen LogP contribution in [0.4, 0.5) is 0 Å². The lowest BCUT2D eigenvalue weighted by Crippen LogP contribution is -2.15. The van der Waals surface area contributed by atoms with Gasteiger partial charge >= 0.3 is 11.9 Å². The number of aromatic carboxylic acids is 2. The minimum atomic E-state index is -1.18. The van der Waals surface area contributed by atoms with Crippen LogP contribution in [0, 0.1) is 0 Å². The zero-order valence-electron chi connectivity index (χ0n) is 8.69. The first-order chi connectivity index (χ1) is 7.61. The maximum Gasteiger partial charge on any atom is 0.336 e. The molecule has 0 heterocycles. The Balaban J connectivity index is 2.66. The van der Waals surface area contributed by atoms with Gasteiger partial charge in [-0.15, -0.1) is 0 Å². The molecule has 4 heteroatoms. The zero-order valence-corrected chi connectivity index (χ0v) is 8.69. The molecule has 0 saturated carbocycles. The van der Waals surface area contributed by atoms with Crippen molar-refractivity contribution in [2.75, 3.05) is 0 Å². The third-order valence-corrected chi connectivity index (χ3v) is 2.98. The molecule has 1 aliphatic carbocycles. The van der Waals surface area contributed by atoms with Gasteiger partial charge in [-0.1, -0.05) is 6.07 Å². The maximum atomic E-state index is 11.1. The van der Waals surface area contributed by atoms with Crippen molar-refractivity contribution in [1.29, 1.82) is 0 Å². The van der Waals surface area contributed by atoms with E-state index >= 15 is 0 Å². The highest BCUT2D eigenvalue weighted by Gasteiger charge is 2.23. The predicted molar refractivity (Wildman–Crippen MR) is 57.0 cm³/mol. The highest BCUT2D eigenvalue weighted by Crippen LogP contribution is 2.27. The Morgan fingerprint density at radius 1 is 1.00 bits per heavy atom. The molecule has 0 unspecified atom stereocenters. The Morgan fingerprint density at radius 2 is 1.69 bits per heavy atom. The smallest absolute Gasteiger partial charge is 0.336 e. The van der Waals surface area contributed by atoms with Crippen LogP contribution in [0.1, 0.15) is 44.7 Å². The molecule has 0 aromatic heterocycles. The summed E-state index contributed by atoms with van der Waals surface area (Å²) in [6.07, 6.45) is 3.47. The molecule has 0 bridgehead atoms. The fourth-order valence-electron chi connectivity index (χ4n) is 2.25. The summed E-state index contributed by atoms with van der Waals surface area (Å²) in [5.41, 5.74) is 1.56. The molecule has 0 amide bonds. The van der Waals surface area contributed by atoms with Crippen LogP contribution in [-0.4, -0.2) is 22.2 Å². The van der Waals surface area contributed by atoms with Gasteiger partial charge in [0, 0.05) is 0 Å². The van der Waals surface area contributed by atoms with E-state index in [9.17, 15) is 9.59 Å². The Labute approximate surface area is 92.5 Å². The van der Waals surface area contributed by atoms with Crippen molar-refractivity contribution in [3.05, 3.63) is 34.4 Å². The molecule has 2 N–H and O–H groups in total. The van der Waals surface area contributed by atoms with E-state index in [2.05, 4.69) is 0 Å². The fourth-order valence-corrected chi connectivity index (χ4v) is 2.25. The summed E-state index contributed by atoms with van der Waals surface area (Å²) in [7, 11) is 0. The SMILES string of the molecule is O=C(O)c1ccc2c(c1C(=O)O)CCCC2. The molecular weight excluding hydrogens is 208 g/mol. The van der Waals surface area contributed by atoms with Crippen LogP contribution in [0.25, 0.3) is 0 Å². The van der Waals surface area contributed by atoms with E-state index < -0.39 is 11.9 Å². The summed E-state index contributed by atoms with van der Waals surface area (Å²) in [5.74, 6) is -2.32. The number of benzene rings is 1. The Hall–Kier alpha value is -1.84. The lowest BCUT2D eigenvalue weighted by Gasteiger charge is -2.18. The highest BCUT2D eigenvalue weighted by molar-refractivity contribution is 6.03. The molecule has 0 spiro atoms. The molecule has 0 aliphatic heterocycles. The normalized spacial score (nSPS) is 14.2. The van der Waals surface area contributed by atoms with E-state index in [1.165, 1.54) is 6.07 Å². The van der Waals surface area contributed by atoms with Crippen LogP contribution < -0.4 is 0 Å². The summed E-state index contributed by atoms with van der Waals surface area (Å²) in [4.78, 5) is 22.1. The van der Waals surface area contributed by atoms with Crippen molar-refractivity contribution < 1.29 is 19.8 Å². The lowest BCUT2D eigenvalue weighted by atomic mass is 9.86. The maximum absolute atomic E-state index is 11.1. The average Bonchev–Trinajstić information content (AvgIpc) is 2.27. The summed E-state index contributed by atoms with van der Waals surface area (Å²) in [6, 6.07) is 3.14. The summed E-state index contributed by atoms with van der Waals surface area (Å²) in [5, 5.41) is 18.1. The van der Waals surface area contributed by atoms with Gasteiger partial charge in [-0.05, 0) is 42.9 Å². The van der Waals surface area contributed by atoms with Gasteiger partial charge in [0.25, 0.3) is 0 Å². The number of fused-ring (bicyclic) bond motifs is 1. The van der Waals surface area contributed by atoms with Gasteiger partial charge in [0.05, 0.1) is 11.1 Å². The van der Waals surface area contributed by atoms with Crippen LogP contribution in [-0.2, 0) is 12.8 Å². The minimum absolute atomic E-state index is 0.0234. The Kier molecular flexibility index (Phi) is 2.64. The molecule has 0 fully saturated rings. The predicted octanol–water partition coefficient (Wildman–Crippen LogP) is 1.96. The molecule has 0 atom stereocenters. The highest BCUT2D eigenvalue weighted by atomic mass is 16.4. The molecule has 1 aromatic carbocycles. The number of aryl methyl sites for hydroxylation is 1. The van der Waals surface area contributed by atoms with Crippen LogP contribution in [0.15, 0.2) is 12.1 Å². The molecule has 0 saturated heterocycles. The van der Waals surface area contributed by atoms with Crippen molar-refractivity contribution in [3.63, 3.8) is 0 Å². The minimum Gasteiger partial charge on any atom is -0.478 e. The lowest BCUT2D eigenvalue weighted by molar-refractivity contribution is 0.0650. The Morgan fingerprint density at radius 3 is 2.31 bits per heavy atom. The summed E-state index contributed by atoms with van der Waals surface area (Å²) in [6.45, 7) is 0. The van der Waals surface area contributed by atoms with E-state index in [0.29, 0.717) is 12.0 Å². The van der Waals surface area contributed by atoms with Gasteiger partial charge in [0.1, 0.15) is 0 Å². The van der Waals surface area contributed by atoms with Gasteiger partial charge in [0.2, 0.25) is 0 Å². The first kappa shape index (κ1) is 10.7. The van der Waals surface area contributed by atoms with Crippen LogP contribution >= 0.6 is 0 Å². The standard InChI is InChI=1S/C12H12O4/c13-11(14)9-6-5-7-3-1-2-4-8(7)10(9)12(15)16/h5-6H,1-4H2,(H,13,14)(H,15,16). The number of carboxylic acids is 2. The van der Waals surface area contributed by atoms with Crippen molar-refractivity contribution in [1.82, 2.24) is 0 Å². The third-order valence-electron chi connectivity index (χ3n) is 2.98. The molecule has 2 rings (SSSR count). The van der Waals surface area contributed by atoms with Gasteiger partial charge in [0.15, 0.2) is 0 Å². The molecule has 1 aromatic rings. The average molecular weight is 220 g/mol. The fraction of sp³-hybridized carbons (Fsp3) is 0.333. The van der Waals surface area contributed by atoms with E-state index in [0.717, 1.165) is 24.8 Å². The topological polar surface area (TPSA) is 74.6 Å². The Bertz CT molecular complexity index is 462. The number of hydrogen-bond acceptors (Lipinski definition) is 2. The van der Waals surface area contributed by atoms with Gasteiger partial charge in [-0.2, -0.15) is 0 Å². The molecular formula is C12H12O4. The van der Waals surface area contributed by atoms with Crippen molar-refractivity contribution in [2.24, 2.45) is 0 Å². The van der Waals surface area contributed by atoms with Gasteiger partial charge in [-0.3, -0.25) is 0 Å². The van der Waals surface area contributed by atoms with E-state index in [1.807, 2.05) is 0 Å². The second-order valence-corrected chi connectivity index (χ2v) is 3.94. The van der Waals surface area contributed by atoms with Crippen LogP contribution in [0.2, 0.25) is 0 Å². The number of hydrogen-bond donors (Lipinski definition) is 2. The van der Waals surface area contributed by atoms with Crippen molar-refractivity contribution in [2.45, 2.75) is 25.7 Å². The first-order valence-electron chi connectivity index (χ1n) is 5.22. The van der Waals surface area contributed by atoms with E-state index in [-0.39, 0.29) is 11.1 Å². The van der Waals surface area contributed by atoms with Crippen molar-refractivity contribution in [3.8, 4) is 0 Å². The molecule has 16 heavy (non-hydrogen) atoms. The second kappa shape index (κ2) is 3.96. The second-order valence-electron chi connectivity index (χ2n) is 3.94. The summed E-state index contributed by atoms with van der Waals surface area (Å²) >= 11 is 0. The number of carbonyl (C=O) groups is 2. The van der Waals surface area contributed by atoms with Gasteiger partial charge in [-0.25, -0.2) is 9.59 Å². The zero-order chi connectivity index (χ0) is 11.7. The molecule has 84 valence electrons. The van der Waals surface area contributed by atoms with E-state index in [4.69, 9.17) is 10.2 Å². The monoisotopic (exact) mass is 220 g/mol. The summed E-state index contributed by atoms with van der Waals surface area (Å²) < 4.78 is 0. The van der Waals surface area contributed by atoms with E-state index in [1.54, 1.807) is 6.07 Å². The number of rotatable bonds is 2. The molecule has 1 aliphatic rings. The van der Waals surface area contributed by atoms with Crippen LogP contribution in [0.5, 0.6) is 0 Å². The van der Waals surface area contributed by atoms with Crippen LogP contribution in [0.3, 0.4) is 0 Å². The third kappa shape index (κ3) is 1.66. The first-order valence-corrected chi connectivity index (χ1v) is 5.22. The largest absolute Gasteiger partial charge is 0.478 e. The molecule has 4 nitrogen and oxygen atoms in total.